The first-order valence-corrected chi connectivity index (χ1v) is 3.41. The Morgan fingerprint density at radius 3 is 2.75 bits per heavy atom. The summed E-state index contributed by atoms with van der Waals surface area (Å²) >= 11 is 0. The number of likely N-dealkylation sites (N-methyl/N-ethyl adjacent to an activating group) is 1. The van der Waals surface area contributed by atoms with Gasteiger partial charge in [-0.1, -0.05) is 6.08 Å². The maximum Gasteiger partial charge on any atom is 0.337 e. The van der Waals surface area contributed by atoms with Crippen LogP contribution in [0.4, 0.5) is 0 Å². The summed E-state index contributed by atoms with van der Waals surface area (Å²) in [6.07, 6.45) is 5.44. The molecule has 1 heterocycles. The van der Waals surface area contributed by atoms with E-state index in [-0.39, 0.29) is 29.9 Å². The molecule has 68 valence electrons. The van der Waals surface area contributed by atoms with Crippen LogP contribution in [0.15, 0.2) is 23.9 Å². The van der Waals surface area contributed by atoms with E-state index in [4.69, 9.17) is 0 Å². The number of rotatable bonds is 1. The molecule has 0 unspecified atom stereocenters. The first-order chi connectivity index (χ1) is 5.24. The maximum absolute atomic E-state index is 10.9. The van der Waals surface area contributed by atoms with Crippen molar-refractivity contribution >= 4 is 29.9 Å². The van der Waals surface area contributed by atoms with Gasteiger partial charge in [-0.05, 0) is 12.3 Å². The summed E-state index contributed by atoms with van der Waals surface area (Å²) in [5.41, 5.74) is 0.630. The average molecular weight is 281 g/mol. The topological polar surface area (TPSA) is 29.5 Å². The predicted molar refractivity (Wildman–Crippen MR) is 57.3 cm³/mol. The van der Waals surface area contributed by atoms with Gasteiger partial charge >= 0.3 is 5.97 Å². The van der Waals surface area contributed by atoms with Gasteiger partial charge in [-0.3, -0.25) is 0 Å². The Hall–Kier alpha value is -0.520. The molecule has 12 heavy (non-hydrogen) atoms. The second kappa shape index (κ2) is 5.18. The number of hydrogen-bond donors (Lipinski definition) is 0. The van der Waals surface area contributed by atoms with E-state index in [0.29, 0.717) is 5.57 Å². The molecule has 0 radical (unpaired) electrons. The lowest BCUT2D eigenvalue weighted by Gasteiger charge is -2.15. The predicted octanol–water partition coefficient (Wildman–Crippen LogP) is 1.16. The summed E-state index contributed by atoms with van der Waals surface area (Å²) in [6.45, 7) is 0.765. The molecule has 1 aliphatic rings. The van der Waals surface area contributed by atoms with Gasteiger partial charge in [0.25, 0.3) is 0 Å². The van der Waals surface area contributed by atoms with Crippen molar-refractivity contribution < 1.29 is 9.53 Å². The van der Waals surface area contributed by atoms with Crippen LogP contribution in [0.25, 0.3) is 0 Å². The molecule has 0 N–H and O–H groups in total. The number of carbonyl (C=O) groups excluding carboxylic acids is 1. The lowest BCUT2D eigenvalue weighted by atomic mass is 10.2. The van der Waals surface area contributed by atoms with Crippen molar-refractivity contribution in [3.05, 3.63) is 23.9 Å². The van der Waals surface area contributed by atoms with Crippen LogP contribution in [0.3, 0.4) is 0 Å². The Morgan fingerprint density at radius 1 is 1.67 bits per heavy atom. The third-order valence-corrected chi connectivity index (χ3v) is 1.53. The van der Waals surface area contributed by atoms with Crippen molar-refractivity contribution in [3.63, 3.8) is 0 Å². The second-order valence-electron chi connectivity index (χ2n) is 2.41. The number of carbonyl (C=O) groups is 1. The molecule has 3 nitrogen and oxygen atoms in total. The zero-order valence-electron chi connectivity index (χ0n) is 7.11. The number of methoxy groups -OCH3 is 1. The van der Waals surface area contributed by atoms with Crippen molar-refractivity contribution in [3.8, 4) is 0 Å². The van der Waals surface area contributed by atoms with E-state index in [9.17, 15) is 4.79 Å². The molecule has 0 aromatic rings. The van der Waals surface area contributed by atoms with E-state index < -0.39 is 0 Å². The van der Waals surface area contributed by atoms with Crippen molar-refractivity contribution in [1.82, 2.24) is 4.90 Å². The molecule has 1 aliphatic heterocycles. The van der Waals surface area contributed by atoms with Gasteiger partial charge in [0.2, 0.25) is 0 Å². The standard InChI is InChI=1S/C8H11NO2.HI/c1-9-5-3-7(4-6-9)8(10)11-2;/h3-5H,6H2,1-2H3;1H. The van der Waals surface area contributed by atoms with E-state index >= 15 is 0 Å². The highest BCUT2D eigenvalue weighted by atomic mass is 127. The Bertz CT molecular complexity index is 223. The molecule has 0 atom stereocenters. The Labute approximate surface area is 89.1 Å². The number of hydrogen-bond acceptors (Lipinski definition) is 3. The van der Waals surface area contributed by atoms with Crippen LogP contribution >= 0.6 is 24.0 Å². The summed E-state index contributed by atoms with van der Waals surface area (Å²) in [7, 11) is 3.33. The number of halogens is 1. The Balaban J connectivity index is 0.00000121. The fourth-order valence-corrected chi connectivity index (χ4v) is 0.848. The fraction of sp³-hybridized carbons (Fsp3) is 0.375. The van der Waals surface area contributed by atoms with Gasteiger partial charge in [0, 0.05) is 13.6 Å². The molecule has 0 aromatic carbocycles. The zero-order chi connectivity index (χ0) is 8.27. The molecule has 0 saturated carbocycles. The lowest BCUT2D eigenvalue weighted by Crippen LogP contribution is -2.16. The Kier molecular flexibility index (Phi) is 4.96. The summed E-state index contributed by atoms with van der Waals surface area (Å²) in [5, 5.41) is 0. The van der Waals surface area contributed by atoms with Gasteiger partial charge in [-0.25, -0.2) is 4.79 Å². The molecule has 4 heteroatoms. The SMILES string of the molecule is COC(=O)C1=CCN(C)C=C1.I. The maximum atomic E-state index is 10.9. The fourth-order valence-electron chi connectivity index (χ4n) is 0.848. The highest BCUT2D eigenvalue weighted by Gasteiger charge is 2.08. The lowest BCUT2D eigenvalue weighted by molar-refractivity contribution is -0.135. The normalized spacial score (nSPS) is 14.8. The van der Waals surface area contributed by atoms with Crippen molar-refractivity contribution in [1.29, 1.82) is 0 Å². The van der Waals surface area contributed by atoms with Gasteiger partial charge in [-0.15, -0.1) is 24.0 Å². The quantitative estimate of drug-likeness (QED) is 0.533. The van der Waals surface area contributed by atoms with Gasteiger partial charge < -0.3 is 9.64 Å². The molecule has 0 amide bonds. The minimum Gasteiger partial charge on any atom is -0.465 e. The first kappa shape index (κ1) is 11.5. The molecule has 1 rings (SSSR count). The van der Waals surface area contributed by atoms with Crippen LogP contribution < -0.4 is 0 Å². The van der Waals surface area contributed by atoms with Gasteiger partial charge in [-0.2, -0.15) is 0 Å². The van der Waals surface area contributed by atoms with E-state index in [1.807, 2.05) is 24.2 Å². The summed E-state index contributed by atoms with van der Waals surface area (Å²) in [5.74, 6) is -0.269. The smallest absolute Gasteiger partial charge is 0.337 e. The van der Waals surface area contributed by atoms with Crippen LogP contribution in [-0.4, -0.2) is 31.6 Å². The number of esters is 1. The van der Waals surface area contributed by atoms with Crippen LogP contribution in [0.1, 0.15) is 0 Å². The average Bonchev–Trinajstić information content (AvgIpc) is 2.05. The van der Waals surface area contributed by atoms with Gasteiger partial charge in [0.05, 0.1) is 12.7 Å². The van der Waals surface area contributed by atoms with E-state index in [1.54, 1.807) is 6.08 Å². The van der Waals surface area contributed by atoms with Crippen molar-refractivity contribution in [2.45, 2.75) is 0 Å². The van der Waals surface area contributed by atoms with Crippen LogP contribution in [0, 0.1) is 0 Å². The monoisotopic (exact) mass is 281 g/mol. The molecule has 0 aromatic heterocycles. The van der Waals surface area contributed by atoms with Gasteiger partial charge in [0.15, 0.2) is 0 Å². The van der Waals surface area contributed by atoms with Crippen LogP contribution in [0.2, 0.25) is 0 Å². The molecule has 0 fully saturated rings. The third kappa shape index (κ3) is 2.84. The minimum atomic E-state index is -0.269. The van der Waals surface area contributed by atoms with Crippen LogP contribution in [0.5, 0.6) is 0 Å². The Morgan fingerprint density at radius 2 is 2.33 bits per heavy atom. The van der Waals surface area contributed by atoms with E-state index in [2.05, 4.69) is 4.74 Å². The third-order valence-electron chi connectivity index (χ3n) is 1.53. The summed E-state index contributed by atoms with van der Waals surface area (Å²) < 4.78 is 4.55. The molecule has 0 saturated heterocycles. The van der Waals surface area contributed by atoms with Crippen molar-refractivity contribution in [2.24, 2.45) is 0 Å². The largest absolute Gasteiger partial charge is 0.465 e. The molecule has 0 aliphatic carbocycles. The highest BCUT2D eigenvalue weighted by Crippen LogP contribution is 2.06. The number of ether oxygens (including phenoxy) is 1. The highest BCUT2D eigenvalue weighted by molar-refractivity contribution is 14.0. The zero-order valence-corrected chi connectivity index (χ0v) is 9.44. The molecule has 0 bridgehead atoms. The molecular formula is C8H12INO2. The van der Waals surface area contributed by atoms with Crippen molar-refractivity contribution in [2.75, 3.05) is 20.7 Å². The minimum absolute atomic E-state index is 0. The molecular weight excluding hydrogens is 269 g/mol. The second-order valence-corrected chi connectivity index (χ2v) is 2.41. The van der Waals surface area contributed by atoms with Crippen LogP contribution in [-0.2, 0) is 9.53 Å². The van der Waals surface area contributed by atoms with E-state index in [1.165, 1.54) is 7.11 Å². The van der Waals surface area contributed by atoms with Gasteiger partial charge in [0.1, 0.15) is 0 Å². The summed E-state index contributed by atoms with van der Waals surface area (Å²) in [4.78, 5) is 12.9. The molecule has 0 spiro atoms. The summed E-state index contributed by atoms with van der Waals surface area (Å²) in [6, 6.07) is 0. The first-order valence-electron chi connectivity index (χ1n) is 3.41. The van der Waals surface area contributed by atoms with E-state index in [0.717, 1.165) is 6.54 Å². The number of nitrogens with zero attached hydrogens (tertiary/aromatic N) is 1.